The van der Waals surface area contributed by atoms with Crippen LogP contribution in [0.15, 0.2) is 24.3 Å². The number of amides is 2. The SMILES string of the molecule is COCCCCNC(=O)Nc1cccc(CCC(=O)O)c1. The number of anilines is 1. The fourth-order valence-electron chi connectivity index (χ4n) is 1.80. The Labute approximate surface area is 124 Å². The number of rotatable bonds is 9. The van der Waals surface area contributed by atoms with Crippen LogP contribution in [0.2, 0.25) is 0 Å². The first kappa shape index (κ1) is 17.0. The van der Waals surface area contributed by atoms with Gasteiger partial charge in [0, 0.05) is 32.4 Å². The van der Waals surface area contributed by atoms with Crippen molar-refractivity contribution in [3.63, 3.8) is 0 Å². The number of unbranched alkanes of at least 4 members (excludes halogenated alkanes) is 1. The average molecular weight is 294 g/mol. The Bertz CT molecular complexity index is 463. The Morgan fingerprint density at radius 2 is 2.10 bits per heavy atom. The topological polar surface area (TPSA) is 87.7 Å². The lowest BCUT2D eigenvalue weighted by molar-refractivity contribution is -0.136. The molecule has 6 heteroatoms. The lowest BCUT2D eigenvalue weighted by atomic mass is 10.1. The summed E-state index contributed by atoms with van der Waals surface area (Å²) in [4.78, 5) is 22.2. The van der Waals surface area contributed by atoms with Crippen LogP contribution >= 0.6 is 0 Å². The number of aliphatic carboxylic acids is 1. The van der Waals surface area contributed by atoms with E-state index in [-0.39, 0.29) is 12.5 Å². The largest absolute Gasteiger partial charge is 0.481 e. The van der Waals surface area contributed by atoms with E-state index in [0.29, 0.717) is 25.3 Å². The number of benzene rings is 1. The number of carbonyl (C=O) groups excluding carboxylic acids is 1. The Kier molecular flexibility index (Phi) is 7.89. The van der Waals surface area contributed by atoms with Crippen molar-refractivity contribution in [2.45, 2.75) is 25.7 Å². The Morgan fingerprint density at radius 1 is 1.29 bits per heavy atom. The molecule has 1 rings (SSSR count). The van der Waals surface area contributed by atoms with Crippen molar-refractivity contribution in [3.05, 3.63) is 29.8 Å². The fourth-order valence-corrected chi connectivity index (χ4v) is 1.80. The van der Waals surface area contributed by atoms with Gasteiger partial charge in [0.2, 0.25) is 0 Å². The molecule has 1 aromatic rings. The monoisotopic (exact) mass is 294 g/mol. The lowest BCUT2D eigenvalue weighted by Gasteiger charge is -2.08. The third kappa shape index (κ3) is 7.94. The van der Waals surface area contributed by atoms with Gasteiger partial charge in [0.15, 0.2) is 0 Å². The third-order valence-corrected chi connectivity index (χ3v) is 2.87. The maximum Gasteiger partial charge on any atom is 0.319 e. The van der Waals surface area contributed by atoms with Gasteiger partial charge < -0.3 is 20.5 Å². The maximum absolute atomic E-state index is 11.7. The Hall–Kier alpha value is -2.08. The first-order valence-corrected chi connectivity index (χ1v) is 6.96. The average Bonchev–Trinajstić information content (AvgIpc) is 2.45. The smallest absolute Gasteiger partial charge is 0.319 e. The summed E-state index contributed by atoms with van der Waals surface area (Å²) in [6.45, 7) is 1.28. The van der Waals surface area contributed by atoms with Crippen molar-refractivity contribution in [2.75, 3.05) is 25.6 Å². The van der Waals surface area contributed by atoms with Crippen LogP contribution in [0.4, 0.5) is 10.5 Å². The molecule has 1 aromatic carbocycles. The van der Waals surface area contributed by atoms with Crippen molar-refractivity contribution in [2.24, 2.45) is 0 Å². The molecule has 21 heavy (non-hydrogen) atoms. The van der Waals surface area contributed by atoms with E-state index in [4.69, 9.17) is 9.84 Å². The van der Waals surface area contributed by atoms with Crippen molar-refractivity contribution < 1.29 is 19.4 Å². The molecule has 0 bridgehead atoms. The molecule has 0 aromatic heterocycles. The zero-order valence-electron chi connectivity index (χ0n) is 12.2. The van der Waals surface area contributed by atoms with Crippen molar-refractivity contribution >= 4 is 17.7 Å². The number of aryl methyl sites for hydroxylation is 1. The van der Waals surface area contributed by atoms with Crippen molar-refractivity contribution in [1.29, 1.82) is 0 Å². The molecule has 6 nitrogen and oxygen atoms in total. The van der Waals surface area contributed by atoms with Gasteiger partial charge in [-0.1, -0.05) is 12.1 Å². The normalized spacial score (nSPS) is 10.1. The molecule has 0 radical (unpaired) electrons. The quantitative estimate of drug-likeness (QED) is 0.610. The molecule has 0 atom stereocenters. The Morgan fingerprint density at radius 3 is 2.81 bits per heavy atom. The minimum Gasteiger partial charge on any atom is -0.481 e. The van der Waals surface area contributed by atoms with Gasteiger partial charge >= 0.3 is 12.0 Å². The van der Waals surface area contributed by atoms with Gasteiger partial charge in [-0.3, -0.25) is 4.79 Å². The number of carbonyl (C=O) groups is 2. The highest BCUT2D eigenvalue weighted by Crippen LogP contribution is 2.12. The van der Waals surface area contributed by atoms with Crippen LogP contribution in [0.25, 0.3) is 0 Å². The zero-order chi connectivity index (χ0) is 15.5. The number of hydrogen-bond donors (Lipinski definition) is 3. The third-order valence-electron chi connectivity index (χ3n) is 2.87. The number of methoxy groups -OCH3 is 1. The van der Waals surface area contributed by atoms with Crippen LogP contribution in [0, 0.1) is 0 Å². The molecule has 0 aliphatic carbocycles. The minimum atomic E-state index is -0.831. The van der Waals surface area contributed by atoms with Crippen LogP contribution in [-0.4, -0.2) is 37.4 Å². The van der Waals surface area contributed by atoms with Crippen molar-refractivity contribution in [1.82, 2.24) is 5.32 Å². The number of carboxylic acids is 1. The molecular formula is C15H22N2O4. The second-order valence-electron chi connectivity index (χ2n) is 4.67. The molecule has 116 valence electrons. The first-order chi connectivity index (χ1) is 10.1. The Balaban J connectivity index is 2.34. The molecule has 0 saturated carbocycles. The van der Waals surface area contributed by atoms with E-state index in [9.17, 15) is 9.59 Å². The molecule has 0 aliphatic rings. The molecule has 3 N–H and O–H groups in total. The van der Waals surface area contributed by atoms with Gasteiger partial charge in [0.25, 0.3) is 0 Å². The molecule has 2 amide bonds. The number of nitrogens with one attached hydrogen (secondary N) is 2. The summed E-state index contributed by atoms with van der Waals surface area (Å²) in [5.74, 6) is -0.831. The molecular weight excluding hydrogens is 272 g/mol. The second kappa shape index (κ2) is 9.77. The molecule has 0 aliphatic heterocycles. The fraction of sp³-hybridized carbons (Fsp3) is 0.467. The molecule has 0 unspecified atom stereocenters. The van der Waals surface area contributed by atoms with Gasteiger partial charge in [0.05, 0.1) is 0 Å². The number of carboxylic acid groups (broad SMARTS) is 1. The van der Waals surface area contributed by atoms with Crippen LogP contribution in [0.3, 0.4) is 0 Å². The van der Waals surface area contributed by atoms with Crippen LogP contribution in [0.5, 0.6) is 0 Å². The highest BCUT2D eigenvalue weighted by Gasteiger charge is 2.03. The van der Waals surface area contributed by atoms with E-state index in [0.717, 1.165) is 18.4 Å². The first-order valence-electron chi connectivity index (χ1n) is 6.96. The van der Waals surface area contributed by atoms with E-state index in [2.05, 4.69) is 10.6 Å². The predicted molar refractivity (Wildman–Crippen MR) is 80.5 cm³/mol. The number of ether oxygens (including phenoxy) is 1. The molecule has 0 saturated heterocycles. The highest BCUT2D eigenvalue weighted by atomic mass is 16.5. The van der Waals surface area contributed by atoms with Gasteiger partial charge in [-0.15, -0.1) is 0 Å². The number of urea groups is 1. The van der Waals surface area contributed by atoms with Crippen LogP contribution in [0.1, 0.15) is 24.8 Å². The summed E-state index contributed by atoms with van der Waals surface area (Å²) in [6, 6.07) is 6.94. The van der Waals surface area contributed by atoms with E-state index in [1.165, 1.54) is 0 Å². The summed E-state index contributed by atoms with van der Waals surface area (Å²) in [5.41, 5.74) is 1.54. The standard InChI is InChI=1S/C15H22N2O4/c1-21-10-3-2-9-16-15(20)17-13-6-4-5-12(11-13)7-8-14(18)19/h4-6,11H,2-3,7-10H2,1H3,(H,18,19)(H2,16,17,20). The summed E-state index contributed by atoms with van der Waals surface area (Å²) >= 11 is 0. The van der Waals surface area contributed by atoms with Gasteiger partial charge in [-0.25, -0.2) is 4.79 Å². The van der Waals surface area contributed by atoms with E-state index >= 15 is 0 Å². The zero-order valence-corrected chi connectivity index (χ0v) is 12.2. The summed E-state index contributed by atoms with van der Waals surface area (Å²) in [7, 11) is 1.65. The van der Waals surface area contributed by atoms with Gasteiger partial charge in [-0.05, 0) is 37.0 Å². The summed E-state index contributed by atoms with van der Waals surface area (Å²) in [6.07, 6.45) is 2.29. The summed E-state index contributed by atoms with van der Waals surface area (Å²) in [5, 5.41) is 14.2. The molecule has 0 fully saturated rings. The second-order valence-corrected chi connectivity index (χ2v) is 4.67. The van der Waals surface area contributed by atoms with Crippen LogP contribution < -0.4 is 10.6 Å². The van der Waals surface area contributed by atoms with Gasteiger partial charge in [-0.2, -0.15) is 0 Å². The molecule has 0 heterocycles. The van der Waals surface area contributed by atoms with Gasteiger partial charge in [0.1, 0.15) is 0 Å². The predicted octanol–water partition coefficient (Wildman–Crippen LogP) is 2.25. The van der Waals surface area contributed by atoms with Crippen LogP contribution in [-0.2, 0) is 16.0 Å². The lowest BCUT2D eigenvalue weighted by Crippen LogP contribution is -2.29. The summed E-state index contributed by atoms with van der Waals surface area (Å²) < 4.78 is 4.93. The maximum atomic E-state index is 11.7. The highest BCUT2D eigenvalue weighted by molar-refractivity contribution is 5.89. The molecule has 0 spiro atoms. The van der Waals surface area contributed by atoms with E-state index in [1.54, 1.807) is 25.3 Å². The van der Waals surface area contributed by atoms with E-state index in [1.807, 2.05) is 6.07 Å². The number of hydrogen-bond acceptors (Lipinski definition) is 3. The minimum absolute atomic E-state index is 0.0785. The van der Waals surface area contributed by atoms with Crippen molar-refractivity contribution in [3.8, 4) is 0 Å². The van der Waals surface area contributed by atoms with E-state index < -0.39 is 5.97 Å².